The van der Waals surface area contributed by atoms with E-state index in [0.717, 1.165) is 40.3 Å². The van der Waals surface area contributed by atoms with Crippen LogP contribution < -0.4 is 5.32 Å². The molecule has 1 saturated heterocycles. The fourth-order valence-corrected chi connectivity index (χ4v) is 4.22. The van der Waals surface area contributed by atoms with Crippen LogP contribution in [0.25, 0.3) is 0 Å². The number of hydrogen-bond acceptors (Lipinski definition) is 3. The molecule has 1 N–H and O–H groups in total. The molecule has 0 bridgehead atoms. The maximum absolute atomic E-state index is 6.22. The Hall–Kier alpha value is 0.0700. The first-order valence-electron chi connectivity index (χ1n) is 7.69. The van der Waals surface area contributed by atoms with Gasteiger partial charge in [0.25, 0.3) is 0 Å². The smallest absolute Gasteiger partial charge is 0.0542 e. The third-order valence-corrected chi connectivity index (χ3v) is 5.82. The predicted molar refractivity (Wildman–Crippen MR) is 94.9 cm³/mol. The van der Waals surface area contributed by atoms with Crippen LogP contribution in [-0.4, -0.2) is 42.4 Å². The Labute approximate surface area is 142 Å². The van der Waals surface area contributed by atoms with Crippen LogP contribution in [0.15, 0.2) is 23.1 Å². The lowest BCUT2D eigenvalue weighted by molar-refractivity contribution is 0.133. The fraction of sp³-hybridized carbons (Fsp3) is 0.625. The highest BCUT2D eigenvalue weighted by molar-refractivity contribution is 7.99. The summed E-state index contributed by atoms with van der Waals surface area (Å²) < 4.78 is 0. The van der Waals surface area contributed by atoms with E-state index in [4.69, 9.17) is 23.2 Å². The number of thioether (sulfide) groups is 1. The highest BCUT2D eigenvalue weighted by Gasteiger charge is 2.25. The molecule has 1 aliphatic rings. The van der Waals surface area contributed by atoms with E-state index in [1.54, 1.807) is 11.8 Å². The van der Waals surface area contributed by atoms with Gasteiger partial charge in [0, 0.05) is 47.4 Å². The number of benzene rings is 1. The van der Waals surface area contributed by atoms with Crippen LogP contribution >= 0.6 is 35.0 Å². The molecule has 2 rings (SSSR count). The quantitative estimate of drug-likeness (QED) is 0.760. The average molecular weight is 347 g/mol. The normalized spacial score (nSPS) is 23.4. The lowest BCUT2D eigenvalue weighted by Crippen LogP contribution is -2.56. The number of halogens is 2. The molecule has 0 amide bonds. The molecule has 0 aliphatic carbocycles. The van der Waals surface area contributed by atoms with Gasteiger partial charge in [-0.15, -0.1) is 11.8 Å². The SMILES string of the molecule is CCC1CN(CCSc2cc(Cl)ccc2Cl)C(CC)CN1. The van der Waals surface area contributed by atoms with Gasteiger partial charge >= 0.3 is 0 Å². The van der Waals surface area contributed by atoms with Gasteiger partial charge in [-0.1, -0.05) is 37.0 Å². The molecule has 0 spiro atoms. The van der Waals surface area contributed by atoms with Gasteiger partial charge in [-0.2, -0.15) is 0 Å². The Bertz CT molecular complexity index is 456. The maximum atomic E-state index is 6.22. The van der Waals surface area contributed by atoms with Gasteiger partial charge in [0.15, 0.2) is 0 Å². The lowest BCUT2D eigenvalue weighted by Gasteiger charge is -2.40. The van der Waals surface area contributed by atoms with Gasteiger partial charge in [0.05, 0.1) is 5.02 Å². The number of piperazine rings is 1. The fourth-order valence-electron chi connectivity index (χ4n) is 2.74. The van der Waals surface area contributed by atoms with E-state index in [1.807, 2.05) is 18.2 Å². The summed E-state index contributed by atoms with van der Waals surface area (Å²) >= 11 is 14.1. The first-order valence-corrected chi connectivity index (χ1v) is 9.43. The molecule has 0 aromatic heterocycles. The predicted octanol–water partition coefficient (Wildman–Crippen LogP) is 4.55. The molecule has 21 heavy (non-hydrogen) atoms. The van der Waals surface area contributed by atoms with E-state index in [-0.39, 0.29) is 0 Å². The summed E-state index contributed by atoms with van der Waals surface area (Å²) in [5.41, 5.74) is 0. The second kappa shape index (κ2) is 8.64. The number of hydrogen-bond donors (Lipinski definition) is 1. The minimum Gasteiger partial charge on any atom is -0.311 e. The number of nitrogens with one attached hydrogen (secondary N) is 1. The first-order chi connectivity index (χ1) is 10.1. The summed E-state index contributed by atoms with van der Waals surface area (Å²) in [5, 5.41) is 5.18. The van der Waals surface area contributed by atoms with E-state index in [0.29, 0.717) is 12.1 Å². The Balaban J connectivity index is 1.87. The Morgan fingerprint density at radius 2 is 2.10 bits per heavy atom. The Morgan fingerprint density at radius 3 is 2.81 bits per heavy atom. The van der Waals surface area contributed by atoms with Crippen molar-refractivity contribution in [1.82, 2.24) is 10.2 Å². The van der Waals surface area contributed by atoms with Crippen LogP contribution in [0.2, 0.25) is 10.0 Å². The van der Waals surface area contributed by atoms with Gasteiger partial charge in [-0.05, 0) is 31.0 Å². The van der Waals surface area contributed by atoms with Crippen molar-refractivity contribution in [1.29, 1.82) is 0 Å². The number of rotatable bonds is 6. The summed E-state index contributed by atoms with van der Waals surface area (Å²) in [6.45, 7) is 7.88. The monoisotopic (exact) mass is 346 g/mol. The lowest BCUT2D eigenvalue weighted by atomic mass is 10.1. The first kappa shape index (κ1) is 17.4. The van der Waals surface area contributed by atoms with Crippen molar-refractivity contribution in [2.24, 2.45) is 0 Å². The van der Waals surface area contributed by atoms with Crippen LogP contribution in [0.4, 0.5) is 0 Å². The molecule has 2 atom stereocenters. The van der Waals surface area contributed by atoms with Crippen LogP contribution in [0.5, 0.6) is 0 Å². The van der Waals surface area contributed by atoms with Gasteiger partial charge in [0.2, 0.25) is 0 Å². The van der Waals surface area contributed by atoms with E-state index in [1.165, 1.54) is 12.8 Å². The molecule has 1 aromatic rings. The second-order valence-corrected chi connectivity index (χ2v) is 7.47. The van der Waals surface area contributed by atoms with Crippen LogP contribution in [0.3, 0.4) is 0 Å². The molecule has 1 fully saturated rings. The van der Waals surface area contributed by atoms with Crippen molar-refractivity contribution in [3.8, 4) is 0 Å². The molecule has 0 radical (unpaired) electrons. The van der Waals surface area contributed by atoms with Gasteiger partial charge < -0.3 is 5.32 Å². The van der Waals surface area contributed by atoms with E-state index in [9.17, 15) is 0 Å². The van der Waals surface area contributed by atoms with E-state index in [2.05, 4.69) is 24.1 Å². The molecular weight excluding hydrogens is 323 g/mol. The zero-order valence-electron chi connectivity index (χ0n) is 12.7. The van der Waals surface area contributed by atoms with Crippen molar-refractivity contribution in [2.75, 3.05) is 25.4 Å². The molecule has 0 saturated carbocycles. The zero-order chi connectivity index (χ0) is 15.2. The van der Waals surface area contributed by atoms with E-state index < -0.39 is 0 Å². The van der Waals surface area contributed by atoms with Crippen LogP contribution in [0, 0.1) is 0 Å². The summed E-state index contributed by atoms with van der Waals surface area (Å²) in [4.78, 5) is 3.70. The zero-order valence-corrected chi connectivity index (χ0v) is 15.1. The topological polar surface area (TPSA) is 15.3 Å². The minimum atomic E-state index is 0.632. The van der Waals surface area contributed by atoms with Gasteiger partial charge in [-0.3, -0.25) is 4.90 Å². The minimum absolute atomic E-state index is 0.632. The summed E-state index contributed by atoms with van der Waals surface area (Å²) in [6, 6.07) is 6.96. The molecule has 1 aliphatic heterocycles. The highest BCUT2D eigenvalue weighted by atomic mass is 35.5. The largest absolute Gasteiger partial charge is 0.311 e. The molecule has 5 heteroatoms. The standard InChI is InChI=1S/C16H24Cl2N2S/c1-3-13-11-20(14(4-2)10-19-13)7-8-21-16-9-12(17)5-6-15(16)18/h5-6,9,13-14,19H,3-4,7-8,10-11H2,1-2H3. The molecule has 2 unspecified atom stereocenters. The summed E-state index contributed by atoms with van der Waals surface area (Å²) in [5.74, 6) is 1.05. The highest BCUT2D eigenvalue weighted by Crippen LogP contribution is 2.30. The summed E-state index contributed by atoms with van der Waals surface area (Å²) in [6.07, 6.45) is 2.40. The molecule has 1 aromatic carbocycles. The molecular formula is C16H24Cl2N2S. The van der Waals surface area contributed by atoms with Crippen LogP contribution in [0.1, 0.15) is 26.7 Å². The third kappa shape index (κ3) is 5.04. The van der Waals surface area contributed by atoms with Crippen molar-refractivity contribution < 1.29 is 0 Å². The number of nitrogens with zero attached hydrogens (tertiary/aromatic N) is 1. The van der Waals surface area contributed by atoms with Crippen molar-refractivity contribution in [3.63, 3.8) is 0 Å². The third-order valence-electron chi connectivity index (χ3n) is 4.11. The van der Waals surface area contributed by atoms with Gasteiger partial charge in [-0.25, -0.2) is 0 Å². The molecule has 2 nitrogen and oxygen atoms in total. The van der Waals surface area contributed by atoms with E-state index >= 15 is 0 Å². The van der Waals surface area contributed by atoms with Crippen molar-refractivity contribution in [3.05, 3.63) is 28.2 Å². The second-order valence-electron chi connectivity index (χ2n) is 5.49. The average Bonchev–Trinajstić information content (AvgIpc) is 2.50. The Morgan fingerprint density at radius 1 is 1.29 bits per heavy atom. The molecule has 118 valence electrons. The Kier molecular flexibility index (Phi) is 7.17. The van der Waals surface area contributed by atoms with Crippen LogP contribution in [-0.2, 0) is 0 Å². The summed E-state index contributed by atoms with van der Waals surface area (Å²) in [7, 11) is 0. The van der Waals surface area contributed by atoms with Crippen molar-refractivity contribution >= 4 is 35.0 Å². The van der Waals surface area contributed by atoms with Crippen molar-refractivity contribution in [2.45, 2.75) is 43.7 Å². The maximum Gasteiger partial charge on any atom is 0.0542 e. The molecule has 1 heterocycles. The van der Waals surface area contributed by atoms with Gasteiger partial charge in [0.1, 0.15) is 0 Å².